The van der Waals surface area contributed by atoms with Crippen LogP contribution in [0.1, 0.15) is 19.3 Å². The van der Waals surface area contributed by atoms with E-state index in [1.807, 2.05) is 0 Å². The van der Waals surface area contributed by atoms with Crippen molar-refractivity contribution < 1.29 is 4.79 Å². The first kappa shape index (κ1) is 8.69. The van der Waals surface area contributed by atoms with Crippen LogP contribution in [0.3, 0.4) is 0 Å². The van der Waals surface area contributed by atoms with Crippen molar-refractivity contribution in [3.63, 3.8) is 0 Å². The lowest BCUT2D eigenvalue weighted by atomic mass is 9.82. The highest BCUT2D eigenvalue weighted by atomic mass is 32.1. The van der Waals surface area contributed by atoms with Crippen LogP contribution < -0.4 is 4.87 Å². The molecule has 1 saturated carbocycles. The Bertz CT molecular complexity index is 362. The van der Waals surface area contributed by atoms with Gasteiger partial charge in [-0.15, -0.1) is 0 Å². The van der Waals surface area contributed by atoms with Crippen LogP contribution in [0.2, 0.25) is 0 Å². The van der Waals surface area contributed by atoms with Gasteiger partial charge in [0.1, 0.15) is 0 Å². The highest BCUT2D eigenvalue weighted by Gasteiger charge is 2.25. The lowest BCUT2D eigenvalue weighted by molar-refractivity contribution is -0.125. The number of hydrogen-bond donors (Lipinski definition) is 0. The molecule has 0 N–H and O–H groups in total. The molecule has 0 spiro atoms. The smallest absolute Gasteiger partial charge is 0.299 e. The summed E-state index contributed by atoms with van der Waals surface area (Å²) in [6, 6.07) is 0. The van der Waals surface area contributed by atoms with Gasteiger partial charge in [-0.25, -0.2) is 0 Å². The van der Waals surface area contributed by atoms with Gasteiger partial charge in [-0.3, -0.25) is 14.2 Å². The molecule has 0 aliphatic heterocycles. The molecule has 1 aliphatic rings. The van der Waals surface area contributed by atoms with Crippen LogP contribution in [0.4, 0.5) is 0 Å². The van der Waals surface area contributed by atoms with Gasteiger partial charge in [-0.05, 0) is 12.8 Å². The van der Waals surface area contributed by atoms with Crippen molar-refractivity contribution in [3.05, 3.63) is 21.2 Å². The Labute approximate surface area is 80.0 Å². The zero-order valence-electron chi connectivity index (χ0n) is 7.23. The molecule has 70 valence electrons. The zero-order valence-corrected chi connectivity index (χ0v) is 8.05. The Kier molecular flexibility index (Phi) is 2.31. The van der Waals surface area contributed by atoms with Gasteiger partial charge in [0, 0.05) is 17.5 Å². The monoisotopic (exact) mass is 197 g/mol. The quantitative estimate of drug-likeness (QED) is 0.732. The summed E-state index contributed by atoms with van der Waals surface area (Å²) in [5.74, 6) is 0.443. The van der Waals surface area contributed by atoms with Crippen molar-refractivity contribution in [2.75, 3.05) is 0 Å². The molecule has 4 heteroatoms. The normalized spacial score (nSPS) is 16.9. The fourth-order valence-electron chi connectivity index (χ4n) is 1.44. The van der Waals surface area contributed by atoms with E-state index >= 15 is 0 Å². The van der Waals surface area contributed by atoms with Gasteiger partial charge in [0.15, 0.2) is 5.78 Å². The molecule has 2 rings (SSSR count). The SMILES string of the molecule is O=C(Cn1ccsc1=O)C1CCC1. The summed E-state index contributed by atoms with van der Waals surface area (Å²) in [7, 11) is 0. The van der Waals surface area contributed by atoms with Crippen LogP contribution >= 0.6 is 11.3 Å². The third-order valence-electron chi connectivity index (χ3n) is 2.53. The van der Waals surface area contributed by atoms with Crippen LogP contribution in [0.15, 0.2) is 16.4 Å². The van der Waals surface area contributed by atoms with E-state index in [4.69, 9.17) is 0 Å². The van der Waals surface area contributed by atoms with E-state index in [0.717, 1.165) is 30.6 Å². The van der Waals surface area contributed by atoms with E-state index < -0.39 is 0 Å². The van der Waals surface area contributed by atoms with Crippen LogP contribution in [0, 0.1) is 5.92 Å². The molecule has 1 fully saturated rings. The van der Waals surface area contributed by atoms with E-state index in [1.54, 1.807) is 11.6 Å². The Morgan fingerprint density at radius 3 is 2.85 bits per heavy atom. The predicted octanol–water partition coefficient (Wildman–Crippen LogP) is 1.28. The standard InChI is InChI=1S/C9H11NO2S/c11-8(7-2-1-3-7)6-10-4-5-13-9(10)12/h4-5,7H,1-3,6H2. The molecule has 0 amide bonds. The van der Waals surface area contributed by atoms with E-state index in [9.17, 15) is 9.59 Å². The van der Waals surface area contributed by atoms with Crippen molar-refractivity contribution in [2.24, 2.45) is 5.92 Å². The molecule has 3 nitrogen and oxygen atoms in total. The second-order valence-corrected chi connectivity index (χ2v) is 4.25. The number of carbonyl (C=O) groups excluding carboxylic acids is 1. The van der Waals surface area contributed by atoms with E-state index in [-0.39, 0.29) is 23.1 Å². The molecule has 0 saturated heterocycles. The van der Waals surface area contributed by atoms with Gasteiger partial charge in [-0.1, -0.05) is 17.8 Å². The number of hydrogen-bond acceptors (Lipinski definition) is 3. The minimum atomic E-state index is -0.0346. The molecule has 1 heterocycles. The Balaban J connectivity index is 2.01. The average molecular weight is 197 g/mol. The summed E-state index contributed by atoms with van der Waals surface area (Å²) in [6.07, 6.45) is 4.87. The van der Waals surface area contributed by atoms with Crippen molar-refractivity contribution in [2.45, 2.75) is 25.8 Å². The molecule has 1 aromatic heterocycles. The maximum atomic E-state index is 11.5. The summed E-state index contributed by atoms with van der Waals surface area (Å²) in [5, 5.41) is 1.72. The molecule has 1 aliphatic carbocycles. The summed E-state index contributed by atoms with van der Waals surface area (Å²) in [5.41, 5.74) is 0. The average Bonchev–Trinajstić information content (AvgIpc) is 2.32. The molecule has 0 bridgehead atoms. The third kappa shape index (κ3) is 1.72. The Morgan fingerprint density at radius 2 is 2.38 bits per heavy atom. The number of ketones is 1. The van der Waals surface area contributed by atoms with E-state index in [0.29, 0.717) is 0 Å². The number of carbonyl (C=O) groups is 1. The molecule has 13 heavy (non-hydrogen) atoms. The summed E-state index contributed by atoms with van der Waals surface area (Å²) in [6.45, 7) is 0.271. The maximum absolute atomic E-state index is 11.5. The highest BCUT2D eigenvalue weighted by molar-refractivity contribution is 7.07. The third-order valence-corrected chi connectivity index (χ3v) is 3.22. The predicted molar refractivity (Wildman–Crippen MR) is 50.9 cm³/mol. The second-order valence-electron chi connectivity index (χ2n) is 3.39. The molecule has 1 aromatic rings. The second kappa shape index (κ2) is 3.46. The van der Waals surface area contributed by atoms with Crippen LogP contribution in [0.25, 0.3) is 0 Å². The first-order valence-electron chi connectivity index (χ1n) is 4.44. The summed E-state index contributed by atoms with van der Waals surface area (Å²) < 4.78 is 1.49. The summed E-state index contributed by atoms with van der Waals surface area (Å²) >= 11 is 1.14. The molecule has 0 atom stereocenters. The molecule has 0 radical (unpaired) electrons. The number of aromatic nitrogens is 1. The fraction of sp³-hybridized carbons (Fsp3) is 0.556. The van der Waals surface area contributed by atoms with Crippen LogP contribution in [-0.4, -0.2) is 10.4 Å². The van der Waals surface area contributed by atoms with Gasteiger partial charge >= 0.3 is 4.87 Å². The van der Waals surface area contributed by atoms with Crippen LogP contribution in [0.5, 0.6) is 0 Å². The lowest BCUT2D eigenvalue weighted by Crippen LogP contribution is -2.28. The molecular formula is C9H11NO2S. The van der Waals surface area contributed by atoms with Gasteiger partial charge in [0.05, 0.1) is 6.54 Å². The zero-order chi connectivity index (χ0) is 9.26. The van der Waals surface area contributed by atoms with Crippen molar-refractivity contribution in [1.82, 2.24) is 4.57 Å². The Morgan fingerprint density at radius 1 is 1.62 bits per heavy atom. The van der Waals surface area contributed by atoms with Gasteiger partial charge in [-0.2, -0.15) is 0 Å². The largest absolute Gasteiger partial charge is 0.307 e. The first-order chi connectivity index (χ1) is 6.27. The van der Waals surface area contributed by atoms with Crippen molar-refractivity contribution >= 4 is 17.1 Å². The van der Waals surface area contributed by atoms with Gasteiger partial charge < -0.3 is 0 Å². The van der Waals surface area contributed by atoms with Gasteiger partial charge in [0.2, 0.25) is 0 Å². The van der Waals surface area contributed by atoms with Crippen LogP contribution in [-0.2, 0) is 11.3 Å². The lowest BCUT2D eigenvalue weighted by Gasteiger charge is -2.23. The number of rotatable bonds is 3. The molecule has 0 aromatic carbocycles. The molecule has 0 unspecified atom stereocenters. The molecular weight excluding hydrogens is 186 g/mol. The minimum absolute atomic E-state index is 0.0346. The number of Topliss-reactive ketones (excluding diaryl/α,β-unsaturated/α-hetero) is 1. The first-order valence-corrected chi connectivity index (χ1v) is 5.32. The van der Waals surface area contributed by atoms with Gasteiger partial charge in [0.25, 0.3) is 0 Å². The fourth-order valence-corrected chi connectivity index (χ4v) is 2.02. The minimum Gasteiger partial charge on any atom is -0.299 e. The van der Waals surface area contributed by atoms with E-state index in [1.165, 1.54) is 4.57 Å². The summed E-state index contributed by atoms with van der Waals surface area (Å²) in [4.78, 5) is 22.6. The number of thiazole rings is 1. The van der Waals surface area contributed by atoms with Crippen molar-refractivity contribution in [1.29, 1.82) is 0 Å². The van der Waals surface area contributed by atoms with E-state index in [2.05, 4.69) is 0 Å². The maximum Gasteiger partial charge on any atom is 0.307 e. The topological polar surface area (TPSA) is 39.1 Å². The highest BCUT2D eigenvalue weighted by Crippen LogP contribution is 2.27. The number of nitrogens with zero attached hydrogens (tertiary/aromatic N) is 1. The van der Waals surface area contributed by atoms with Crippen molar-refractivity contribution in [3.8, 4) is 0 Å². The Hall–Kier alpha value is -0.900.